The van der Waals surface area contributed by atoms with Gasteiger partial charge in [-0.05, 0) is 46.6 Å². The number of aryl methyl sites for hydroxylation is 1. The minimum atomic E-state index is -0.648. The molecule has 14 heavy (non-hydrogen) atoms. The summed E-state index contributed by atoms with van der Waals surface area (Å²) in [7, 11) is 3.18. The fourth-order valence-electron chi connectivity index (χ4n) is 1.21. The van der Waals surface area contributed by atoms with Crippen LogP contribution in [-0.2, 0) is 6.42 Å². The molecule has 1 aromatic carbocycles. The normalized spacial score (nSPS) is 13.3. The Morgan fingerprint density at radius 1 is 1.36 bits per heavy atom. The highest BCUT2D eigenvalue weighted by Crippen LogP contribution is 2.32. The highest BCUT2D eigenvalue weighted by Gasteiger charge is 2.08. The topological polar surface area (TPSA) is 44.5 Å². The Hall–Kier alpha value is -0.740. The van der Waals surface area contributed by atoms with E-state index >= 15 is 0 Å². The van der Waals surface area contributed by atoms with Gasteiger partial charge in [0.05, 0.1) is 18.7 Å². The summed E-state index contributed by atoms with van der Waals surface area (Å²) in [6.07, 6.45) is 0.437. The molecule has 0 radical (unpaired) electrons. The molecule has 0 bridgehead atoms. The van der Waals surface area contributed by atoms with Crippen LogP contribution in [0, 0.1) is 0 Å². The lowest BCUT2D eigenvalue weighted by Crippen LogP contribution is -2.04. The van der Waals surface area contributed by atoms with Crippen LogP contribution in [0.2, 0.25) is 0 Å². The molecule has 0 aliphatic carbocycles. The standard InChI is InChI=1S/C10H14BrNO2/c1-13-9-6-8(11)10(14-2)5-7(9)3-4-12/h5-6H,3-4,12H2,1-2H3/i4D. The molecule has 4 heteroatoms. The first-order valence-electron chi connectivity index (χ1n) is 4.74. The van der Waals surface area contributed by atoms with Crippen molar-refractivity contribution in [1.82, 2.24) is 0 Å². The monoisotopic (exact) mass is 260 g/mol. The third-order valence-corrected chi connectivity index (χ3v) is 2.51. The summed E-state index contributed by atoms with van der Waals surface area (Å²) >= 11 is 3.37. The van der Waals surface area contributed by atoms with E-state index in [4.69, 9.17) is 16.6 Å². The van der Waals surface area contributed by atoms with Crippen LogP contribution in [-0.4, -0.2) is 20.7 Å². The number of nitrogens with two attached hydrogens (primary N) is 1. The lowest BCUT2D eigenvalue weighted by atomic mass is 10.1. The Morgan fingerprint density at radius 2 is 2.00 bits per heavy atom. The highest BCUT2D eigenvalue weighted by atomic mass is 79.9. The molecule has 1 unspecified atom stereocenters. The first-order chi connectivity index (χ1) is 7.08. The van der Waals surface area contributed by atoms with Crippen LogP contribution in [0.25, 0.3) is 0 Å². The van der Waals surface area contributed by atoms with Gasteiger partial charge in [0, 0.05) is 1.37 Å². The predicted octanol–water partition coefficient (Wildman–Crippen LogP) is 1.97. The van der Waals surface area contributed by atoms with Gasteiger partial charge in [0.15, 0.2) is 0 Å². The van der Waals surface area contributed by atoms with Crippen molar-refractivity contribution in [2.45, 2.75) is 6.42 Å². The Labute approximate surface area is 93.7 Å². The minimum Gasteiger partial charge on any atom is -0.496 e. The number of ether oxygens (including phenoxy) is 2. The molecule has 78 valence electrons. The quantitative estimate of drug-likeness (QED) is 0.901. The van der Waals surface area contributed by atoms with Gasteiger partial charge in [-0.25, -0.2) is 0 Å². The third-order valence-electron chi connectivity index (χ3n) is 1.89. The smallest absolute Gasteiger partial charge is 0.133 e. The zero-order valence-electron chi connectivity index (χ0n) is 9.21. The van der Waals surface area contributed by atoms with E-state index in [2.05, 4.69) is 15.9 Å². The van der Waals surface area contributed by atoms with Crippen molar-refractivity contribution in [1.29, 1.82) is 0 Å². The molecule has 0 saturated heterocycles. The summed E-state index contributed by atoms with van der Waals surface area (Å²) in [6.45, 7) is -0.648. The molecule has 1 aromatic rings. The maximum atomic E-state index is 7.34. The van der Waals surface area contributed by atoms with E-state index in [1.165, 1.54) is 0 Å². The van der Waals surface area contributed by atoms with Gasteiger partial charge in [-0.15, -0.1) is 0 Å². The zero-order chi connectivity index (χ0) is 11.4. The molecule has 0 aliphatic rings. The SMILES string of the molecule is [2H]C(N)Cc1cc(OC)c(Br)cc1OC. The van der Waals surface area contributed by atoms with E-state index in [0.717, 1.165) is 10.0 Å². The minimum absolute atomic E-state index is 0.437. The van der Waals surface area contributed by atoms with Gasteiger partial charge in [0.25, 0.3) is 0 Å². The first kappa shape index (κ1) is 9.80. The van der Waals surface area contributed by atoms with E-state index in [1.807, 2.05) is 12.1 Å². The van der Waals surface area contributed by atoms with Gasteiger partial charge in [-0.3, -0.25) is 0 Å². The van der Waals surface area contributed by atoms with Crippen LogP contribution in [0.4, 0.5) is 0 Å². The van der Waals surface area contributed by atoms with Gasteiger partial charge >= 0.3 is 0 Å². The molecule has 3 nitrogen and oxygen atoms in total. The van der Waals surface area contributed by atoms with Crippen molar-refractivity contribution < 1.29 is 10.8 Å². The summed E-state index contributed by atoms with van der Waals surface area (Å²) < 4.78 is 18.5. The number of benzene rings is 1. The van der Waals surface area contributed by atoms with Gasteiger partial charge in [0.1, 0.15) is 11.5 Å². The predicted molar refractivity (Wildman–Crippen MR) is 60.0 cm³/mol. The van der Waals surface area contributed by atoms with Gasteiger partial charge < -0.3 is 15.2 Å². The Bertz CT molecular complexity index is 344. The number of hydrogen-bond donors (Lipinski definition) is 1. The highest BCUT2D eigenvalue weighted by molar-refractivity contribution is 9.10. The molecule has 0 saturated carbocycles. The van der Waals surface area contributed by atoms with Crippen molar-refractivity contribution >= 4 is 15.9 Å². The first-order valence-corrected chi connectivity index (χ1v) is 4.96. The van der Waals surface area contributed by atoms with Crippen molar-refractivity contribution in [3.63, 3.8) is 0 Å². The van der Waals surface area contributed by atoms with Gasteiger partial charge in [-0.2, -0.15) is 0 Å². The second-order valence-electron chi connectivity index (χ2n) is 2.74. The second-order valence-corrected chi connectivity index (χ2v) is 3.59. The van der Waals surface area contributed by atoms with E-state index in [-0.39, 0.29) is 0 Å². The van der Waals surface area contributed by atoms with Crippen molar-refractivity contribution in [2.75, 3.05) is 20.7 Å². The van der Waals surface area contributed by atoms with Gasteiger partial charge in [0.2, 0.25) is 0 Å². The summed E-state index contributed by atoms with van der Waals surface area (Å²) in [4.78, 5) is 0. The Kier molecular flexibility index (Phi) is 3.65. The summed E-state index contributed by atoms with van der Waals surface area (Å²) in [5.74, 6) is 1.43. The van der Waals surface area contributed by atoms with Crippen molar-refractivity contribution in [3.05, 3.63) is 22.2 Å². The van der Waals surface area contributed by atoms with E-state index in [0.29, 0.717) is 17.9 Å². The van der Waals surface area contributed by atoms with Crippen LogP contribution >= 0.6 is 15.9 Å². The van der Waals surface area contributed by atoms with E-state index in [9.17, 15) is 0 Å². The zero-order valence-corrected chi connectivity index (χ0v) is 9.80. The maximum absolute atomic E-state index is 7.34. The van der Waals surface area contributed by atoms with Gasteiger partial charge in [-0.1, -0.05) is 0 Å². The molecule has 2 N–H and O–H groups in total. The molecule has 0 aromatic heterocycles. The number of rotatable bonds is 4. The molecule has 0 heterocycles. The summed E-state index contributed by atoms with van der Waals surface area (Å²) in [5, 5.41) is 0. The third kappa shape index (κ3) is 2.39. The molecule has 0 fully saturated rings. The fraction of sp³-hybridized carbons (Fsp3) is 0.400. The molecule has 0 aliphatic heterocycles. The average Bonchev–Trinajstić information content (AvgIpc) is 2.19. The number of halogens is 1. The molecule has 0 amide bonds. The lowest BCUT2D eigenvalue weighted by molar-refractivity contribution is 0.397. The fourth-order valence-corrected chi connectivity index (χ4v) is 1.69. The molecule has 1 rings (SSSR count). The van der Waals surface area contributed by atoms with Crippen LogP contribution in [0.3, 0.4) is 0 Å². The van der Waals surface area contributed by atoms with Crippen molar-refractivity contribution in [2.24, 2.45) is 5.73 Å². The number of methoxy groups -OCH3 is 2. The summed E-state index contributed by atoms with van der Waals surface area (Å²) in [5.41, 5.74) is 6.31. The summed E-state index contributed by atoms with van der Waals surface area (Å²) in [6, 6.07) is 3.65. The molecular weight excluding hydrogens is 246 g/mol. The largest absolute Gasteiger partial charge is 0.496 e. The van der Waals surface area contributed by atoms with Crippen molar-refractivity contribution in [3.8, 4) is 11.5 Å². The van der Waals surface area contributed by atoms with Crippen LogP contribution in [0.15, 0.2) is 16.6 Å². The van der Waals surface area contributed by atoms with Crippen LogP contribution in [0.5, 0.6) is 11.5 Å². The molecule has 1 atom stereocenters. The average molecular weight is 261 g/mol. The van der Waals surface area contributed by atoms with Crippen LogP contribution < -0.4 is 15.2 Å². The lowest BCUT2D eigenvalue weighted by Gasteiger charge is -2.11. The Morgan fingerprint density at radius 3 is 2.50 bits per heavy atom. The number of hydrogen-bond acceptors (Lipinski definition) is 3. The second kappa shape index (κ2) is 5.22. The van der Waals surface area contributed by atoms with E-state index in [1.54, 1.807) is 14.2 Å². The maximum Gasteiger partial charge on any atom is 0.133 e. The molecular formula is C10H14BrNO2. The molecule has 0 spiro atoms. The van der Waals surface area contributed by atoms with E-state index < -0.39 is 6.52 Å². The van der Waals surface area contributed by atoms with Crippen LogP contribution in [0.1, 0.15) is 6.93 Å². The Balaban J connectivity index is 3.10.